The van der Waals surface area contributed by atoms with Crippen LogP contribution in [-0.2, 0) is 9.59 Å². The van der Waals surface area contributed by atoms with Crippen molar-refractivity contribution in [1.82, 2.24) is 5.32 Å². The Labute approximate surface area is 83.7 Å². The van der Waals surface area contributed by atoms with E-state index in [0.29, 0.717) is 6.42 Å². The average Bonchev–Trinajstić information content (AvgIpc) is 2.84. The summed E-state index contributed by atoms with van der Waals surface area (Å²) in [7, 11) is 0. The van der Waals surface area contributed by atoms with Crippen LogP contribution in [-0.4, -0.2) is 23.0 Å². The molecule has 4 heteroatoms. The zero-order chi connectivity index (χ0) is 10.8. The maximum Gasteiger partial charge on any atom is 0.326 e. The van der Waals surface area contributed by atoms with Crippen molar-refractivity contribution in [2.45, 2.75) is 45.6 Å². The van der Waals surface area contributed by atoms with E-state index in [4.69, 9.17) is 5.11 Å². The average molecular weight is 199 g/mol. The first-order valence-electron chi connectivity index (χ1n) is 5.03. The second-order valence-corrected chi connectivity index (χ2v) is 4.21. The molecule has 1 amide bonds. The summed E-state index contributed by atoms with van der Waals surface area (Å²) in [6, 6.07) is -0.718. The van der Waals surface area contributed by atoms with Crippen LogP contribution in [0.15, 0.2) is 0 Å². The van der Waals surface area contributed by atoms with E-state index in [0.717, 1.165) is 19.3 Å². The van der Waals surface area contributed by atoms with Crippen LogP contribution in [0.2, 0.25) is 0 Å². The first-order valence-corrected chi connectivity index (χ1v) is 5.03. The van der Waals surface area contributed by atoms with Gasteiger partial charge in [0.15, 0.2) is 0 Å². The van der Waals surface area contributed by atoms with Crippen LogP contribution in [0.4, 0.5) is 0 Å². The zero-order valence-electron chi connectivity index (χ0n) is 8.67. The Kier molecular flexibility index (Phi) is 3.13. The van der Waals surface area contributed by atoms with E-state index >= 15 is 0 Å². The highest BCUT2D eigenvalue weighted by molar-refractivity contribution is 5.88. The van der Waals surface area contributed by atoms with Gasteiger partial charge < -0.3 is 10.4 Å². The molecule has 1 aliphatic rings. The van der Waals surface area contributed by atoms with Crippen LogP contribution in [0, 0.1) is 5.41 Å². The van der Waals surface area contributed by atoms with Gasteiger partial charge in [-0.15, -0.1) is 0 Å². The Hall–Kier alpha value is -1.06. The molecule has 1 fully saturated rings. The van der Waals surface area contributed by atoms with Gasteiger partial charge in [0.05, 0.1) is 0 Å². The van der Waals surface area contributed by atoms with E-state index < -0.39 is 12.0 Å². The predicted molar refractivity (Wildman–Crippen MR) is 51.8 cm³/mol. The lowest BCUT2D eigenvalue weighted by Gasteiger charge is -2.16. The predicted octanol–water partition coefficient (Wildman–Crippen LogP) is 1.16. The number of carboxylic acid groups (broad SMARTS) is 1. The van der Waals surface area contributed by atoms with E-state index in [1.807, 2.05) is 13.8 Å². The van der Waals surface area contributed by atoms with Crippen molar-refractivity contribution in [2.75, 3.05) is 0 Å². The van der Waals surface area contributed by atoms with Gasteiger partial charge in [-0.2, -0.15) is 0 Å². The summed E-state index contributed by atoms with van der Waals surface area (Å²) in [6.07, 6.45) is 3.00. The zero-order valence-corrected chi connectivity index (χ0v) is 8.67. The molecule has 0 radical (unpaired) electrons. The Balaban J connectivity index is 2.46. The second-order valence-electron chi connectivity index (χ2n) is 4.21. The van der Waals surface area contributed by atoms with Crippen molar-refractivity contribution in [3.05, 3.63) is 0 Å². The number of hydrogen-bond donors (Lipinski definition) is 2. The van der Waals surface area contributed by atoms with Crippen molar-refractivity contribution >= 4 is 11.9 Å². The third-order valence-corrected chi connectivity index (χ3v) is 2.73. The summed E-state index contributed by atoms with van der Waals surface area (Å²) >= 11 is 0. The first-order chi connectivity index (χ1) is 6.49. The Bertz CT molecular complexity index is 246. The Morgan fingerprint density at radius 1 is 1.50 bits per heavy atom. The fourth-order valence-electron chi connectivity index (χ4n) is 1.29. The standard InChI is InChI=1S/C10H17NO3/c1-3-4-7(8(12)13)11-9(14)10(2)5-6-10/h7H,3-6H2,1-2H3,(H,11,14)(H,12,13). The molecule has 0 spiro atoms. The topological polar surface area (TPSA) is 66.4 Å². The largest absolute Gasteiger partial charge is 0.480 e. The van der Waals surface area contributed by atoms with Crippen molar-refractivity contribution in [1.29, 1.82) is 0 Å². The lowest BCUT2D eigenvalue weighted by atomic mass is 10.1. The highest BCUT2D eigenvalue weighted by Crippen LogP contribution is 2.45. The number of carbonyl (C=O) groups is 2. The smallest absolute Gasteiger partial charge is 0.326 e. The minimum Gasteiger partial charge on any atom is -0.480 e. The minimum atomic E-state index is -0.940. The van der Waals surface area contributed by atoms with E-state index in [9.17, 15) is 9.59 Å². The number of nitrogens with one attached hydrogen (secondary N) is 1. The highest BCUT2D eigenvalue weighted by Gasteiger charge is 2.45. The summed E-state index contributed by atoms with van der Waals surface area (Å²) in [5.41, 5.74) is -0.290. The molecule has 1 aliphatic carbocycles. The molecule has 1 unspecified atom stereocenters. The molecule has 1 rings (SSSR count). The van der Waals surface area contributed by atoms with Gasteiger partial charge in [-0.05, 0) is 19.3 Å². The highest BCUT2D eigenvalue weighted by atomic mass is 16.4. The van der Waals surface area contributed by atoms with Gasteiger partial charge in [-0.3, -0.25) is 4.79 Å². The van der Waals surface area contributed by atoms with E-state index in [1.54, 1.807) is 0 Å². The summed E-state index contributed by atoms with van der Waals surface area (Å²) in [5.74, 6) is -1.05. The molecule has 1 saturated carbocycles. The van der Waals surface area contributed by atoms with Gasteiger partial charge in [0, 0.05) is 5.41 Å². The van der Waals surface area contributed by atoms with E-state index in [1.165, 1.54) is 0 Å². The molecule has 1 atom stereocenters. The molecule has 0 aromatic carbocycles. The molecule has 80 valence electrons. The molecule has 14 heavy (non-hydrogen) atoms. The summed E-state index contributed by atoms with van der Waals surface area (Å²) in [4.78, 5) is 22.3. The molecule has 0 aliphatic heterocycles. The molecule has 0 aromatic heterocycles. The van der Waals surface area contributed by atoms with Crippen LogP contribution in [0.1, 0.15) is 39.5 Å². The lowest BCUT2D eigenvalue weighted by molar-refractivity contribution is -0.142. The van der Waals surface area contributed by atoms with Gasteiger partial charge in [-0.1, -0.05) is 20.3 Å². The van der Waals surface area contributed by atoms with Gasteiger partial charge in [0.25, 0.3) is 0 Å². The molecule has 2 N–H and O–H groups in total. The quantitative estimate of drug-likeness (QED) is 0.698. The Morgan fingerprint density at radius 3 is 2.43 bits per heavy atom. The van der Waals surface area contributed by atoms with Crippen LogP contribution >= 0.6 is 0 Å². The molecule has 0 aromatic rings. The molecule has 0 bridgehead atoms. The van der Waals surface area contributed by atoms with E-state index in [2.05, 4.69) is 5.32 Å². The SMILES string of the molecule is CCCC(NC(=O)C1(C)CC1)C(=O)O. The molecule has 0 saturated heterocycles. The van der Waals surface area contributed by atoms with Gasteiger partial charge in [0.2, 0.25) is 5.91 Å². The maximum atomic E-state index is 11.5. The van der Waals surface area contributed by atoms with Gasteiger partial charge in [-0.25, -0.2) is 4.79 Å². The molecule has 0 heterocycles. The van der Waals surface area contributed by atoms with Gasteiger partial charge in [0.1, 0.15) is 6.04 Å². The maximum absolute atomic E-state index is 11.5. The molecular weight excluding hydrogens is 182 g/mol. The summed E-state index contributed by atoms with van der Waals surface area (Å²) < 4.78 is 0. The van der Waals surface area contributed by atoms with Crippen LogP contribution in [0.25, 0.3) is 0 Å². The lowest BCUT2D eigenvalue weighted by Crippen LogP contribution is -2.43. The summed E-state index contributed by atoms with van der Waals surface area (Å²) in [5, 5.41) is 11.4. The fourth-order valence-corrected chi connectivity index (χ4v) is 1.29. The van der Waals surface area contributed by atoms with Crippen molar-refractivity contribution in [3.63, 3.8) is 0 Å². The van der Waals surface area contributed by atoms with Crippen LogP contribution in [0.5, 0.6) is 0 Å². The number of rotatable bonds is 5. The van der Waals surface area contributed by atoms with Crippen LogP contribution in [0.3, 0.4) is 0 Å². The number of aliphatic carboxylic acids is 1. The number of amides is 1. The van der Waals surface area contributed by atoms with Crippen molar-refractivity contribution in [2.24, 2.45) is 5.41 Å². The number of carboxylic acids is 1. The van der Waals surface area contributed by atoms with E-state index in [-0.39, 0.29) is 11.3 Å². The third kappa shape index (κ3) is 2.47. The molecular formula is C10H17NO3. The van der Waals surface area contributed by atoms with Crippen LogP contribution < -0.4 is 5.32 Å². The third-order valence-electron chi connectivity index (χ3n) is 2.73. The fraction of sp³-hybridized carbons (Fsp3) is 0.800. The normalized spacial score (nSPS) is 19.9. The van der Waals surface area contributed by atoms with Crippen molar-refractivity contribution < 1.29 is 14.7 Å². The minimum absolute atomic E-state index is 0.113. The first kappa shape index (κ1) is 11.0. The molecule has 4 nitrogen and oxygen atoms in total. The number of carbonyl (C=O) groups excluding carboxylic acids is 1. The van der Waals surface area contributed by atoms with Gasteiger partial charge >= 0.3 is 5.97 Å². The number of hydrogen-bond acceptors (Lipinski definition) is 2. The second kappa shape index (κ2) is 3.98. The monoisotopic (exact) mass is 199 g/mol. The van der Waals surface area contributed by atoms with Crippen molar-refractivity contribution in [3.8, 4) is 0 Å². The summed E-state index contributed by atoms with van der Waals surface area (Å²) in [6.45, 7) is 3.77. The Morgan fingerprint density at radius 2 is 2.07 bits per heavy atom.